The molecule has 3 atom stereocenters. The van der Waals surface area contributed by atoms with Gasteiger partial charge in [-0.3, -0.25) is 4.79 Å². The van der Waals surface area contributed by atoms with Gasteiger partial charge in [-0.05, 0) is 6.92 Å². The average Bonchev–Trinajstić information content (AvgIpc) is 2.30. The molecular formula is C7H11FO4. The van der Waals surface area contributed by atoms with Crippen molar-refractivity contribution in [2.24, 2.45) is 5.41 Å². The molecule has 1 heterocycles. The summed E-state index contributed by atoms with van der Waals surface area (Å²) in [5.74, 6) is -0.795. The maximum absolute atomic E-state index is 12.4. The van der Waals surface area contributed by atoms with Crippen molar-refractivity contribution in [2.75, 3.05) is 13.3 Å². The van der Waals surface area contributed by atoms with Crippen LogP contribution < -0.4 is 0 Å². The molecule has 12 heavy (non-hydrogen) atoms. The Morgan fingerprint density at radius 1 is 1.75 bits per heavy atom. The van der Waals surface area contributed by atoms with Crippen LogP contribution in [0.2, 0.25) is 0 Å². The maximum atomic E-state index is 12.4. The summed E-state index contributed by atoms with van der Waals surface area (Å²) < 4.78 is 16.9. The molecule has 0 saturated carbocycles. The van der Waals surface area contributed by atoms with Crippen LogP contribution in [0.3, 0.4) is 0 Å². The molecule has 0 aromatic carbocycles. The van der Waals surface area contributed by atoms with Crippen molar-refractivity contribution in [1.29, 1.82) is 0 Å². The van der Waals surface area contributed by atoms with E-state index >= 15 is 0 Å². The fraction of sp³-hybridized carbons (Fsp3) is 0.857. The second-order valence-corrected chi connectivity index (χ2v) is 3.12. The number of hydrogen-bond donors (Lipinski definition) is 2. The summed E-state index contributed by atoms with van der Waals surface area (Å²) in [4.78, 5) is 11.0. The van der Waals surface area contributed by atoms with Gasteiger partial charge >= 0.3 is 5.97 Å². The molecule has 0 radical (unpaired) electrons. The lowest BCUT2D eigenvalue weighted by Crippen LogP contribution is -2.39. The Morgan fingerprint density at radius 2 is 2.33 bits per heavy atom. The minimum Gasteiger partial charge on any atom is -0.457 e. The van der Waals surface area contributed by atoms with Gasteiger partial charge in [0.15, 0.2) is 6.10 Å². The van der Waals surface area contributed by atoms with Crippen molar-refractivity contribution in [3.8, 4) is 0 Å². The Bertz CT molecular complexity index is 196. The van der Waals surface area contributed by atoms with Crippen molar-refractivity contribution in [2.45, 2.75) is 19.1 Å². The molecule has 70 valence electrons. The van der Waals surface area contributed by atoms with E-state index in [0.29, 0.717) is 0 Å². The Kier molecular flexibility index (Phi) is 2.34. The van der Waals surface area contributed by atoms with E-state index in [2.05, 4.69) is 4.74 Å². The van der Waals surface area contributed by atoms with E-state index in [1.54, 1.807) is 0 Å². The van der Waals surface area contributed by atoms with Crippen LogP contribution in [0, 0.1) is 5.41 Å². The Labute approximate surface area is 69.0 Å². The number of aliphatic hydroxyl groups excluding tert-OH is 2. The molecule has 1 fully saturated rings. The van der Waals surface area contributed by atoms with Crippen LogP contribution in [-0.2, 0) is 9.53 Å². The van der Waals surface area contributed by atoms with E-state index in [4.69, 9.17) is 5.11 Å². The van der Waals surface area contributed by atoms with E-state index in [1.165, 1.54) is 6.92 Å². The lowest BCUT2D eigenvalue weighted by Gasteiger charge is -2.19. The summed E-state index contributed by atoms with van der Waals surface area (Å²) in [6, 6.07) is 0. The Balaban J connectivity index is 2.83. The number of cyclic esters (lactones) is 1. The molecule has 1 saturated heterocycles. The molecule has 5 heteroatoms. The van der Waals surface area contributed by atoms with Gasteiger partial charge in [0.25, 0.3) is 0 Å². The van der Waals surface area contributed by atoms with Gasteiger partial charge in [-0.15, -0.1) is 0 Å². The van der Waals surface area contributed by atoms with Gasteiger partial charge in [0.1, 0.15) is 18.2 Å². The van der Waals surface area contributed by atoms with E-state index in [-0.39, 0.29) is 0 Å². The van der Waals surface area contributed by atoms with Gasteiger partial charge in [-0.25, -0.2) is 4.39 Å². The summed E-state index contributed by atoms with van der Waals surface area (Å²) in [6.07, 6.45) is -2.25. The molecular weight excluding hydrogens is 167 g/mol. The van der Waals surface area contributed by atoms with Crippen LogP contribution in [0.15, 0.2) is 0 Å². The fourth-order valence-corrected chi connectivity index (χ4v) is 1.14. The van der Waals surface area contributed by atoms with Crippen molar-refractivity contribution < 1.29 is 24.1 Å². The van der Waals surface area contributed by atoms with Crippen LogP contribution in [0.5, 0.6) is 0 Å². The lowest BCUT2D eigenvalue weighted by molar-refractivity contribution is -0.149. The van der Waals surface area contributed by atoms with Crippen molar-refractivity contribution in [3.05, 3.63) is 0 Å². The quantitative estimate of drug-likeness (QED) is 0.545. The first-order valence-electron chi connectivity index (χ1n) is 3.62. The molecule has 0 spiro atoms. The number of carbonyl (C=O) groups is 1. The van der Waals surface area contributed by atoms with Gasteiger partial charge in [0.05, 0.1) is 6.61 Å². The lowest BCUT2D eigenvalue weighted by atomic mass is 9.86. The first-order valence-corrected chi connectivity index (χ1v) is 3.62. The van der Waals surface area contributed by atoms with Gasteiger partial charge < -0.3 is 14.9 Å². The van der Waals surface area contributed by atoms with Crippen LogP contribution in [-0.4, -0.2) is 41.7 Å². The first-order chi connectivity index (χ1) is 5.56. The summed E-state index contributed by atoms with van der Waals surface area (Å²) >= 11 is 0. The van der Waals surface area contributed by atoms with E-state index < -0.39 is 36.9 Å². The van der Waals surface area contributed by atoms with Crippen LogP contribution in [0.4, 0.5) is 4.39 Å². The van der Waals surface area contributed by atoms with Crippen molar-refractivity contribution in [3.63, 3.8) is 0 Å². The number of aliphatic hydroxyl groups is 2. The molecule has 1 aliphatic rings. The van der Waals surface area contributed by atoms with Gasteiger partial charge in [0, 0.05) is 0 Å². The molecule has 1 unspecified atom stereocenters. The van der Waals surface area contributed by atoms with E-state index in [1.807, 2.05) is 0 Å². The zero-order valence-electron chi connectivity index (χ0n) is 6.66. The smallest absolute Gasteiger partial charge is 0.317 e. The van der Waals surface area contributed by atoms with Gasteiger partial charge in [-0.1, -0.05) is 0 Å². The number of hydrogen-bond acceptors (Lipinski definition) is 4. The van der Waals surface area contributed by atoms with E-state index in [0.717, 1.165) is 0 Å². The number of carbonyl (C=O) groups excluding carboxylic acids is 1. The number of alkyl halides is 1. The average molecular weight is 178 g/mol. The normalized spacial score (nSPS) is 41.5. The highest BCUT2D eigenvalue weighted by Gasteiger charge is 2.53. The molecule has 1 aliphatic heterocycles. The van der Waals surface area contributed by atoms with Crippen LogP contribution in [0.25, 0.3) is 0 Å². The first kappa shape index (κ1) is 9.41. The SMILES string of the molecule is CC1(CF)C(=O)O[C@H](CO)[C@H]1O. The molecule has 2 N–H and O–H groups in total. The molecule has 1 rings (SSSR count). The Morgan fingerprint density at radius 3 is 2.58 bits per heavy atom. The second kappa shape index (κ2) is 2.99. The number of halogens is 1. The molecule has 0 bridgehead atoms. The third-order valence-corrected chi connectivity index (χ3v) is 2.19. The molecule has 0 aromatic heterocycles. The van der Waals surface area contributed by atoms with E-state index in [9.17, 15) is 14.3 Å². The van der Waals surface area contributed by atoms with Crippen molar-refractivity contribution >= 4 is 5.97 Å². The van der Waals surface area contributed by atoms with Gasteiger partial charge in [-0.2, -0.15) is 0 Å². The van der Waals surface area contributed by atoms with Crippen molar-refractivity contribution in [1.82, 2.24) is 0 Å². The summed E-state index contributed by atoms with van der Waals surface area (Å²) in [6.45, 7) is -0.193. The third kappa shape index (κ3) is 1.09. The standard InChI is InChI=1S/C7H11FO4/c1-7(3-8)5(10)4(2-9)12-6(7)11/h4-5,9-10H,2-3H2,1H3/t4-,5-,7?/m1/s1. The highest BCUT2D eigenvalue weighted by Crippen LogP contribution is 2.34. The topological polar surface area (TPSA) is 66.8 Å². The second-order valence-electron chi connectivity index (χ2n) is 3.12. The summed E-state index contributed by atoms with van der Waals surface area (Å²) in [7, 11) is 0. The zero-order chi connectivity index (χ0) is 9.35. The predicted molar refractivity (Wildman–Crippen MR) is 37.1 cm³/mol. The minimum absolute atomic E-state index is 0.484. The van der Waals surface area contributed by atoms with Crippen LogP contribution >= 0.6 is 0 Å². The molecule has 0 amide bonds. The monoisotopic (exact) mass is 178 g/mol. The Hall–Kier alpha value is -0.680. The molecule has 0 aliphatic carbocycles. The largest absolute Gasteiger partial charge is 0.457 e. The third-order valence-electron chi connectivity index (χ3n) is 2.19. The predicted octanol–water partition coefficient (Wildman–Crippen LogP) is -0.759. The number of rotatable bonds is 2. The van der Waals surface area contributed by atoms with Gasteiger partial charge in [0.2, 0.25) is 0 Å². The van der Waals surface area contributed by atoms with Crippen LogP contribution in [0.1, 0.15) is 6.92 Å². The number of esters is 1. The highest BCUT2D eigenvalue weighted by molar-refractivity contribution is 5.80. The maximum Gasteiger partial charge on any atom is 0.317 e. The molecule has 0 aromatic rings. The highest BCUT2D eigenvalue weighted by atomic mass is 19.1. The molecule has 4 nitrogen and oxygen atoms in total. The minimum atomic E-state index is -1.51. The summed E-state index contributed by atoms with van der Waals surface area (Å²) in [5, 5.41) is 18.0. The zero-order valence-corrected chi connectivity index (χ0v) is 6.66. The fourth-order valence-electron chi connectivity index (χ4n) is 1.14. The number of ether oxygens (including phenoxy) is 1. The summed E-state index contributed by atoms with van der Waals surface area (Å²) in [5.41, 5.74) is -1.51.